The van der Waals surface area contributed by atoms with Crippen LogP contribution in [0.15, 0.2) is 53.4 Å². The molecule has 26 heavy (non-hydrogen) atoms. The number of benzene rings is 1. The van der Waals surface area contributed by atoms with E-state index < -0.39 is 11.9 Å². The lowest BCUT2D eigenvalue weighted by Crippen LogP contribution is -2.39. The molecule has 0 unspecified atom stereocenters. The number of aromatic nitrogens is 1. The molecule has 2 N–H and O–H groups in total. The Kier molecular flexibility index (Phi) is 3.46. The van der Waals surface area contributed by atoms with Gasteiger partial charge in [0, 0.05) is 18.0 Å². The average molecular weight is 362 g/mol. The molecular formula is C18H17F3N4O. The SMILES string of the molecule is CC(C)(O)c1ccc(C2=NCN3C2=CN(C(F)(F)F)c2[nH]ccc23)cc1. The summed E-state index contributed by atoms with van der Waals surface area (Å²) in [4.78, 5) is 9.11. The van der Waals surface area contributed by atoms with Gasteiger partial charge in [0.15, 0.2) is 0 Å². The Bertz CT molecular complexity index is 904. The second-order valence-electron chi connectivity index (χ2n) is 6.78. The summed E-state index contributed by atoms with van der Waals surface area (Å²) in [6.07, 6.45) is -2.00. The highest BCUT2D eigenvalue weighted by atomic mass is 19.4. The number of allylic oxidation sites excluding steroid dienone is 1. The molecule has 8 heteroatoms. The third-order valence-electron chi connectivity index (χ3n) is 4.53. The van der Waals surface area contributed by atoms with Gasteiger partial charge in [0.25, 0.3) is 0 Å². The van der Waals surface area contributed by atoms with Crippen LogP contribution in [0.4, 0.5) is 24.7 Å². The molecule has 0 spiro atoms. The highest BCUT2D eigenvalue weighted by molar-refractivity contribution is 6.17. The zero-order valence-corrected chi connectivity index (χ0v) is 14.2. The molecule has 2 aliphatic heterocycles. The number of hydrogen-bond donors (Lipinski definition) is 2. The summed E-state index contributed by atoms with van der Waals surface area (Å²) < 4.78 is 40.3. The predicted molar refractivity (Wildman–Crippen MR) is 93.0 cm³/mol. The normalized spacial score (nSPS) is 17.0. The number of aliphatic hydroxyl groups is 1. The van der Waals surface area contributed by atoms with Crippen molar-refractivity contribution in [1.29, 1.82) is 0 Å². The van der Waals surface area contributed by atoms with Gasteiger partial charge in [-0.3, -0.25) is 4.99 Å². The quantitative estimate of drug-likeness (QED) is 0.801. The van der Waals surface area contributed by atoms with E-state index in [1.165, 1.54) is 6.20 Å². The van der Waals surface area contributed by atoms with E-state index in [4.69, 9.17) is 0 Å². The molecule has 0 fully saturated rings. The van der Waals surface area contributed by atoms with Crippen LogP contribution in [-0.2, 0) is 5.60 Å². The molecule has 3 heterocycles. The first kappa shape index (κ1) is 16.7. The number of hydrogen-bond acceptors (Lipinski definition) is 4. The summed E-state index contributed by atoms with van der Waals surface area (Å²) in [5.41, 5.74) is 1.76. The molecule has 0 radical (unpaired) electrons. The van der Waals surface area contributed by atoms with Crippen molar-refractivity contribution in [3.63, 3.8) is 0 Å². The summed E-state index contributed by atoms with van der Waals surface area (Å²) in [5, 5.41) is 10.1. The number of aliphatic imine (C=N–C) groups is 1. The van der Waals surface area contributed by atoms with E-state index in [9.17, 15) is 18.3 Å². The second-order valence-corrected chi connectivity index (χ2v) is 6.78. The Morgan fingerprint density at radius 1 is 1.12 bits per heavy atom. The minimum Gasteiger partial charge on any atom is -0.386 e. The molecule has 4 rings (SSSR count). The van der Waals surface area contributed by atoms with Gasteiger partial charge >= 0.3 is 6.30 Å². The molecule has 0 saturated carbocycles. The molecule has 5 nitrogen and oxygen atoms in total. The molecule has 1 aromatic heterocycles. The van der Waals surface area contributed by atoms with Crippen molar-refractivity contribution in [3.05, 3.63) is 59.6 Å². The predicted octanol–water partition coefficient (Wildman–Crippen LogP) is 3.69. The number of nitrogens with zero attached hydrogens (tertiary/aromatic N) is 3. The van der Waals surface area contributed by atoms with Crippen LogP contribution in [0.3, 0.4) is 0 Å². The topological polar surface area (TPSA) is 54.9 Å². The summed E-state index contributed by atoms with van der Waals surface area (Å²) in [6, 6.07) is 8.65. The van der Waals surface area contributed by atoms with Crippen LogP contribution in [0, 0.1) is 0 Å². The molecule has 0 amide bonds. The molecule has 0 aliphatic carbocycles. The zero-order valence-electron chi connectivity index (χ0n) is 14.2. The Labute approximate surface area is 148 Å². The van der Waals surface area contributed by atoms with Crippen LogP contribution in [0.1, 0.15) is 25.0 Å². The number of halogens is 3. The number of rotatable bonds is 2. The summed E-state index contributed by atoms with van der Waals surface area (Å²) in [5.74, 6) is -0.0184. The van der Waals surface area contributed by atoms with Crippen LogP contribution in [-0.4, -0.2) is 28.8 Å². The zero-order chi connectivity index (χ0) is 18.7. The molecular weight excluding hydrogens is 345 g/mol. The standard InChI is InChI=1S/C18H17F3N4O/c1-17(2,26)12-5-3-11(4-6-12)15-14-9-25(18(19,20)21)16-13(7-8-22-16)24(14)10-23-15/h3-9,22,26H,10H2,1-2H3. The van der Waals surface area contributed by atoms with Crippen molar-refractivity contribution in [1.82, 2.24) is 4.98 Å². The maximum Gasteiger partial charge on any atom is 0.490 e. The Morgan fingerprint density at radius 2 is 1.81 bits per heavy atom. The van der Waals surface area contributed by atoms with Gasteiger partial charge in [-0.1, -0.05) is 24.3 Å². The number of anilines is 2. The highest BCUT2D eigenvalue weighted by Crippen LogP contribution is 2.43. The first-order valence-electron chi connectivity index (χ1n) is 8.07. The molecule has 0 saturated heterocycles. The Balaban J connectivity index is 1.74. The minimum absolute atomic E-state index is 0.0184. The van der Waals surface area contributed by atoms with Gasteiger partial charge in [0.05, 0.1) is 22.7 Å². The number of aromatic amines is 1. The van der Waals surface area contributed by atoms with Gasteiger partial charge in [-0.05, 0) is 25.5 Å². The lowest BCUT2D eigenvalue weighted by atomic mass is 9.96. The maximum absolute atomic E-state index is 13.4. The highest BCUT2D eigenvalue weighted by Gasteiger charge is 2.43. The summed E-state index contributed by atoms with van der Waals surface area (Å²) in [6.45, 7) is 3.61. The van der Waals surface area contributed by atoms with Crippen molar-refractivity contribution < 1.29 is 18.3 Å². The van der Waals surface area contributed by atoms with Crippen LogP contribution in [0.5, 0.6) is 0 Å². The largest absolute Gasteiger partial charge is 0.490 e. The van der Waals surface area contributed by atoms with Crippen molar-refractivity contribution in [3.8, 4) is 0 Å². The van der Waals surface area contributed by atoms with E-state index in [0.717, 1.165) is 11.8 Å². The summed E-state index contributed by atoms with van der Waals surface area (Å²) in [7, 11) is 0. The van der Waals surface area contributed by atoms with Gasteiger partial charge in [-0.2, -0.15) is 0 Å². The second kappa shape index (κ2) is 5.38. The molecule has 2 aliphatic rings. The first-order valence-corrected chi connectivity index (χ1v) is 8.07. The van der Waals surface area contributed by atoms with Crippen LogP contribution >= 0.6 is 0 Å². The molecule has 0 atom stereocenters. The van der Waals surface area contributed by atoms with Gasteiger partial charge < -0.3 is 15.0 Å². The lowest BCUT2D eigenvalue weighted by molar-refractivity contribution is -0.122. The fraction of sp³-hybridized carbons (Fsp3) is 0.278. The van der Waals surface area contributed by atoms with E-state index in [2.05, 4.69) is 9.98 Å². The van der Waals surface area contributed by atoms with Crippen molar-refractivity contribution >= 4 is 17.2 Å². The molecule has 1 aromatic carbocycles. The first-order chi connectivity index (χ1) is 12.2. The maximum atomic E-state index is 13.4. The van der Waals surface area contributed by atoms with E-state index in [0.29, 0.717) is 22.7 Å². The van der Waals surface area contributed by atoms with Gasteiger partial charge in [0.2, 0.25) is 0 Å². The van der Waals surface area contributed by atoms with Gasteiger partial charge in [-0.25, -0.2) is 4.90 Å². The van der Waals surface area contributed by atoms with E-state index in [-0.39, 0.29) is 17.4 Å². The van der Waals surface area contributed by atoms with Crippen molar-refractivity contribution in [2.45, 2.75) is 25.7 Å². The van der Waals surface area contributed by atoms with Gasteiger partial charge in [-0.15, -0.1) is 13.2 Å². The Hall–Kier alpha value is -2.74. The van der Waals surface area contributed by atoms with Gasteiger partial charge in [0.1, 0.15) is 12.5 Å². The molecule has 0 bridgehead atoms. The van der Waals surface area contributed by atoms with Crippen molar-refractivity contribution in [2.75, 3.05) is 16.5 Å². The number of alkyl halides is 3. The third kappa shape index (κ3) is 2.57. The van der Waals surface area contributed by atoms with Crippen LogP contribution < -0.4 is 9.80 Å². The molecule has 136 valence electrons. The monoisotopic (exact) mass is 362 g/mol. The summed E-state index contributed by atoms with van der Waals surface area (Å²) >= 11 is 0. The van der Waals surface area contributed by atoms with E-state index in [1.807, 2.05) is 0 Å². The third-order valence-corrected chi connectivity index (χ3v) is 4.53. The molecule has 2 aromatic rings. The fourth-order valence-corrected chi connectivity index (χ4v) is 3.19. The number of nitrogens with one attached hydrogen (secondary N) is 1. The smallest absolute Gasteiger partial charge is 0.386 e. The lowest BCUT2D eigenvalue weighted by Gasteiger charge is -2.32. The van der Waals surface area contributed by atoms with E-state index >= 15 is 0 Å². The van der Waals surface area contributed by atoms with Crippen LogP contribution in [0.25, 0.3) is 0 Å². The number of fused-ring (bicyclic) bond motifs is 3. The van der Waals surface area contributed by atoms with Crippen LogP contribution in [0.2, 0.25) is 0 Å². The Morgan fingerprint density at radius 3 is 2.42 bits per heavy atom. The number of H-pyrrole nitrogens is 1. The average Bonchev–Trinajstić information content (AvgIpc) is 3.18. The minimum atomic E-state index is -4.54. The van der Waals surface area contributed by atoms with E-state index in [1.54, 1.807) is 49.1 Å². The van der Waals surface area contributed by atoms with Crippen molar-refractivity contribution in [2.24, 2.45) is 4.99 Å². The fourth-order valence-electron chi connectivity index (χ4n) is 3.19.